The average molecular weight is 557 g/mol. The number of likely N-dealkylation sites (tertiary alicyclic amines) is 1. The van der Waals surface area contributed by atoms with Gasteiger partial charge in [0.05, 0.1) is 35.0 Å². The average Bonchev–Trinajstić information content (AvgIpc) is 3.25. The second-order valence-corrected chi connectivity index (χ2v) is 10.8. The summed E-state index contributed by atoms with van der Waals surface area (Å²) < 4.78 is 59.0. The number of anilines is 1. The number of nitrogen functional groups attached to an aromatic ring is 1. The van der Waals surface area contributed by atoms with Gasteiger partial charge < -0.3 is 15.4 Å². The summed E-state index contributed by atoms with van der Waals surface area (Å²) in [5, 5.41) is 0.431. The predicted molar refractivity (Wildman–Crippen MR) is 138 cm³/mol. The number of carbonyl (C=O) groups is 1. The number of ether oxygens (including phenoxy) is 1. The Bertz CT molecular complexity index is 1150. The molecule has 208 valence electrons. The van der Waals surface area contributed by atoms with Gasteiger partial charge >= 0.3 is 6.18 Å². The molecule has 11 heteroatoms. The zero-order valence-electron chi connectivity index (χ0n) is 21.6. The molecule has 0 spiro atoms. The number of alkyl halides is 3. The number of benzene rings is 2. The topological polar surface area (TPSA) is 62.0 Å². The van der Waals surface area contributed by atoms with Gasteiger partial charge in [-0.25, -0.2) is 4.39 Å². The van der Waals surface area contributed by atoms with Crippen LogP contribution in [0.2, 0.25) is 5.02 Å². The minimum atomic E-state index is -4.75. The molecule has 2 aromatic carbocycles. The van der Waals surface area contributed by atoms with Gasteiger partial charge in [-0.2, -0.15) is 13.2 Å². The van der Waals surface area contributed by atoms with E-state index in [4.69, 9.17) is 22.1 Å². The molecular weight excluding hydrogens is 524 g/mol. The normalized spacial score (nSPS) is 24.8. The Morgan fingerprint density at radius 3 is 2.39 bits per heavy atom. The molecule has 2 fully saturated rings. The molecule has 0 bridgehead atoms. The Labute approximate surface area is 225 Å². The van der Waals surface area contributed by atoms with Crippen molar-refractivity contribution in [3.63, 3.8) is 0 Å². The van der Waals surface area contributed by atoms with Crippen LogP contribution in [0.4, 0.5) is 23.2 Å². The Hall–Kier alpha value is -2.40. The van der Waals surface area contributed by atoms with Crippen molar-refractivity contribution in [1.29, 1.82) is 0 Å². The van der Waals surface area contributed by atoms with Crippen molar-refractivity contribution in [2.75, 3.05) is 45.5 Å². The molecule has 0 aliphatic carbocycles. The first-order valence-electron chi connectivity index (χ1n) is 12.6. The highest BCUT2D eigenvalue weighted by Gasteiger charge is 2.39. The fourth-order valence-electron chi connectivity index (χ4n) is 5.55. The molecule has 2 aliphatic rings. The zero-order chi connectivity index (χ0) is 27.8. The summed E-state index contributed by atoms with van der Waals surface area (Å²) in [6.45, 7) is 6.66. The second-order valence-electron chi connectivity index (χ2n) is 10.4. The Morgan fingerprint density at radius 2 is 1.79 bits per heavy atom. The van der Waals surface area contributed by atoms with Crippen molar-refractivity contribution in [2.24, 2.45) is 0 Å². The number of rotatable bonds is 6. The summed E-state index contributed by atoms with van der Waals surface area (Å²) in [5.74, 6) is -1.43. The Balaban J connectivity index is 1.53. The molecule has 0 radical (unpaired) electrons. The van der Waals surface area contributed by atoms with Crippen molar-refractivity contribution in [2.45, 2.75) is 50.7 Å². The quantitative estimate of drug-likeness (QED) is 0.416. The van der Waals surface area contributed by atoms with Crippen LogP contribution in [0.5, 0.6) is 0 Å². The maximum Gasteiger partial charge on any atom is 0.419 e. The number of hydrogen-bond donors (Lipinski definition) is 1. The van der Waals surface area contributed by atoms with Crippen molar-refractivity contribution < 1.29 is 27.1 Å². The predicted octanol–water partition coefficient (Wildman–Crippen LogP) is 4.62. The molecule has 3 unspecified atom stereocenters. The van der Waals surface area contributed by atoms with E-state index in [9.17, 15) is 22.4 Å². The summed E-state index contributed by atoms with van der Waals surface area (Å²) >= 11 is 6.13. The molecule has 4 rings (SSSR count). The van der Waals surface area contributed by atoms with Crippen LogP contribution in [0.25, 0.3) is 0 Å². The van der Waals surface area contributed by atoms with Crippen LogP contribution in [0.15, 0.2) is 36.4 Å². The molecule has 2 heterocycles. The molecule has 38 heavy (non-hydrogen) atoms. The zero-order valence-corrected chi connectivity index (χ0v) is 22.4. The number of morpholine rings is 1. The van der Waals surface area contributed by atoms with Crippen molar-refractivity contribution in [3.05, 3.63) is 63.9 Å². The Kier molecular flexibility index (Phi) is 8.56. The van der Waals surface area contributed by atoms with E-state index in [0.29, 0.717) is 42.5 Å². The molecule has 0 aromatic heterocycles. The van der Waals surface area contributed by atoms with Gasteiger partial charge in [0.15, 0.2) is 0 Å². The molecule has 1 amide bonds. The maximum absolute atomic E-state index is 14.2. The first-order chi connectivity index (χ1) is 17.8. The highest BCUT2D eigenvalue weighted by atomic mass is 35.5. The van der Waals surface area contributed by atoms with Gasteiger partial charge in [-0.3, -0.25) is 14.6 Å². The maximum atomic E-state index is 14.2. The van der Waals surface area contributed by atoms with Gasteiger partial charge in [0, 0.05) is 44.7 Å². The highest BCUT2D eigenvalue weighted by molar-refractivity contribution is 6.33. The summed E-state index contributed by atoms with van der Waals surface area (Å²) in [7, 11) is 1.83. The van der Waals surface area contributed by atoms with E-state index in [2.05, 4.69) is 4.90 Å². The van der Waals surface area contributed by atoms with Gasteiger partial charge in [0.25, 0.3) is 0 Å². The molecular formula is C27H33ClF4N4O2. The van der Waals surface area contributed by atoms with E-state index in [-0.39, 0.29) is 43.2 Å². The fourth-order valence-corrected chi connectivity index (χ4v) is 5.67. The second kappa shape index (κ2) is 11.4. The third-order valence-corrected chi connectivity index (χ3v) is 7.63. The summed E-state index contributed by atoms with van der Waals surface area (Å²) in [6.07, 6.45) is -4.67. The van der Waals surface area contributed by atoms with Crippen LogP contribution in [0.1, 0.15) is 36.5 Å². The SMILES string of the molecule is CC1CN(CC(=O)N2CC(N(C)Cc3ccc(C(F)(F)F)c(F)c3)[C@@H](c3ccc(Cl)c(N)c3)C2)CC(C)O1. The van der Waals surface area contributed by atoms with E-state index in [1.807, 2.05) is 36.8 Å². The summed E-state index contributed by atoms with van der Waals surface area (Å²) in [6, 6.07) is 8.20. The van der Waals surface area contributed by atoms with E-state index in [1.165, 1.54) is 6.07 Å². The van der Waals surface area contributed by atoms with Gasteiger partial charge in [0.2, 0.25) is 5.91 Å². The molecule has 0 saturated carbocycles. The summed E-state index contributed by atoms with van der Waals surface area (Å²) in [4.78, 5) is 19.2. The van der Waals surface area contributed by atoms with Crippen LogP contribution in [0, 0.1) is 5.82 Å². The third kappa shape index (κ3) is 6.59. The number of carbonyl (C=O) groups excluding carboxylic acids is 1. The number of hydrogen-bond acceptors (Lipinski definition) is 5. The lowest BCUT2D eigenvalue weighted by molar-refractivity contribution is -0.140. The minimum absolute atomic E-state index is 0.00490. The molecule has 6 nitrogen and oxygen atoms in total. The fraction of sp³-hybridized carbons (Fsp3) is 0.519. The van der Waals surface area contributed by atoms with E-state index < -0.39 is 17.6 Å². The lowest BCUT2D eigenvalue weighted by Crippen LogP contribution is -2.49. The molecule has 2 N–H and O–H groups in total. The monoisotopic (exact) mass is 556 g/mol. The molecule has 4 atom stereocenters. The van der Waals surface area contributed by atoms with E-state index >= 15 is 0 Å². The van der Waals surface area contributed by atoms with Crippen LogP contribution in [0.3, 0.4) is 0 Å². The number of amides is 1. The van der Waals surface area contributed by atoms with Gasteiger partial charge in [-0.1, -0.05) is 23.7 Å². The van der Waals surface area contributed by atoms with E-state index in [0.717, 1.165) is 17.7 Å². The van der Waals surface area contributed by atoms with Gasteiger partial charge in [0.1, 0.15) is 5.82 Å². The third-order valence-electron chi connectivity index (χ3n) is 7.28. The standard InChI is InChI=1S/C27H33ClF4N4O2/c1-16-10-35(11-17(2)38-16)15-26(37)36-13-20(19-5-7-22(28)24(33)9-19)25(14-36)34(3)12-18-4-6-21(23(29)8-18)27(30,31)32/h4-9,16-17,20,25H,10-15,33H2,1-3H3/t16?,17?,20-,25?/m1/s1. The first-order valence-corrected chi connectivity index (χ1v) is 13.0. The Morgan fingerprint density at radius 1 is 1.11 bits per heavy atom. The lowest BCUT2D eigenvalue weighted by atomic mass is 9.92. The summed E-state index contributed by atoms with van der Waals surface area (Å²) in [5.41, 5.74) is 6.52. The van der Waals surface area contributed by atoms with Crippen LogP contribution in [-0.2, 0) is 22.3 Å². The van der Waals surface area contributed by atoms with Crippen LogP contribution < -0.4 is 5.73 Å². The number of nitrogens with zero attached hydrogens (tertiary/aromatic N) is 3. The number of halogens is 5. The van der Waals surface area contributed by atoms with Crippen LogP contribution in [-0.4, -0.2) is 78.6 Å². The van der Waals surface area contributed by atoms with Crippen molar-refractivity contribution >= 4 is 23.2 Å². The van der Waals surface area contributed by atoms with E-state index in [1.54, 1.807) is 12.1 Å². The molecule has 2 aromatic rings. The minimum Gasteiger partial charge on any atom is -0.398 e. The number of likely N-dealkylation sites (N-methyl/N-ethyl adjacent to an activating group) is 1. The number of nitrogens with two attached hydrogens (primary N) is 1. The van der Waals surface area contributed by atoms with Crippen LogP contribution >= 0.6 is 11.6 Å². The smallest absolute Gasteiger partial charge is 0.398 e. The largest absolute Gasteiger partial charge is 0.419 e. The first kappa shape index (κ1) is 28.6. The van der Waals surface area contributed by atoms with Gasteiger partial charge in [-0.15, -0.1) is 0 Å². The van der Waals surface area contributed by atoms with Crippen molar-refractivity contribution in [3.8, 4) is 0 Å². The molecule has 2 saturated heterocycles. The van der Waals surface area contributed by atoms with Crippen molar-refractivity contribution in [1.82, 2.24) is 14.7 Å². The lowest BCUT2D eigenvalue weighted by Gasteiger charge is -2.35. The molecule has 2 aliphatic heterocycles. The highest BCUT2D eigenvalue weighted by Crippen LogP contribution is 2.35. The van der Waals surface area contributed by atoms with Gasteiger partial charge in [-0.05, 0) is 56.3 Å².